The standard InChI is InChI=1S/C14H29NO/c1-5-12-6-8-13(9-7-12)15-10-14(4,16)11(2)3/h11-13,15-16H,5-10H2,1-4H3. The summed E-state index contributed by atoms with van der Waals surface area (Å²) in [5, 5.41) is 13.7. The Morgan fingerprint density at radius 3 is 2.25 bits per heavy atom. The van der Waals surface area contributed by atoms with E-state index < -0.39 is 5.60 Å². The van der Waals surface area contributed by atoms with Gasteiger partial charge >= 0.3 is 0 Å². The van der Waals surface area contributed by atoms with Crippen LogP contribution in [0.1, 0.15) is 59.8 Å². The third-order valence-corrected chi connectivity index (χ3v) is 4.42. The molecule has 2 N–H and O–H groups in total. The summed E-state index contributed by atoms with van der Waals surface area (Å²) in [7, 11) is 0. The van der Waals surface area contributed by atoms with Crippen LogP contribution in [0.5, 0.6) is 0 Å². The number of aliphatic hydroxyl groups is 1. The van der Waals surface area contributed by atoms with E-state index in [1.807, 2.05) is 6.92 Å². The van der Waals surface area contributed by atoms with Crippen molar-refractivity contribution in [3.8, 4) is 0 Å². The molecular weight excluding hydrogens is 198 g/mol. The molecule has 0 amide bonds. The van der Waals surface area contributed by atoms with E-state index in [2.05, 4.69) is 26.1 Å². The molecule has 2 nitrogen and oxygen atoms in total. The highest BCUT2D eigenvalue weighted by molar-refractivity contribution is 4.83. The Morgan fingerprint density at radius 1 is 1.25 bits per heavy atom. The quantitative estimate of drug-likeness (QED) is 0.757. The minimum absolute atomic E-state index is 0.312. The van der Waals surface area contributed by atoms with Crippen molar-refractivity contribution in [2.24, 2.45) is 11.8 Å². The molecule has 0 saturated heterocycles. The molecule has 0 heterocycles. The van der Waals surface area contributed by atoms with Crippen LogP contribution in [0.2, 0.25) is 0 Å². The van der Waals surface area contributed by atoms with Gasteiger partial charge in [0, 0.05) is 12.6 Å². The minimum atomic E-state index is -0.568. The smallest absolute Gasteiger partial charge is 0.0766 e. The Morgan fingerprint density at radius 2 is 1.81 bits per heavy atom. The molecule has 1 rings (SSSR count). The lowest BCUT2D eigenvalue weighted by Gasteiger charge is -2.33. The largest absolute Gasteiger partial charge is 0.389 e. The highest BCUT2D eigenvalue weighted by Gasteiger charge is 2.27. The van der Waals surface area contributed by atoms with Crippen molar-refractivity contribution < 1.29 is 5.11 Å². The fourth-order valence-corrected chi connectivity index (χ4v) is 2.33. The van der Waals surface area contributed by atoms with Crippen LogP contribution < -0.4 is 5.32 Å². The van der Waals surface area contributed by atoms with Gasteiger partial charge in [0.05, 0.1) is 5.60 Å². The molecule has 0 aromatic carbocycles. The molecular formula is C14H29NO. The average Bonchev–Trinajstić information content (AvgIpc) is 2.27. The third kappa shape index (κ3) is 4.06. The van der Waals surface area contributed by atoms with Gasteiger partial charge in [0.15, 0.2) is 0 Å². The second-order valence-corrected chi connectivity index (χ2v) is 6.02. The molecule has 1 aliphatic rings. The number of hydrogen-bond acceptors (Lipinski definition) is 2. The molecule has 1 saturated carbocycles. The molecule has 1 atom stereocenters. The maximum atomic E-state index is 10.2. The van der Waals surface area contributed by atoms with Crippen molar-refractivity contribution in [2.75, 3.05) is 6.54 Å². The summed E-state index contributed by atoms with van der Waals surface area (Å²) in [6, 6.07) is 0.632. The highest BCUT2D eigenvalue weighted by Crippen LogP contribution is 2.27. The first-order valence-corrected chi connectivity index (χ1v) is 6.91. The Labute approximate surface area is 101 Å². The lowest BCUT2D eigenvalue weighted by atomic mass is 9.84. The van der Waals surface area contributed by atoms with Gasteiger partial charge in [0.25, 0.3) is 0 Å². The van der Waals surface area contributed by atoms with E-state index in [1.54, 1.807) is 0 Å². The van der Waals surface area contributed by atoms with Crippen LogP contribution in [0.4, 0.5) is 0 Å². The fraction of sp³-hybridized carbons (Fsp3) is 1.00. The number of rotatable bonds is 5. The lowest BCUT2D eigenvalue weighted by molar-refractivity contribution is 0.0102. The maximum absolute atomic E-state index is 10.2. The summed E-state index contributed by atoms with van der Waals surface area (Å²) in [6.07, 6.45) is 6.62. The molecule has 16 heavy (non-hydrogen) atoms. The maximum Gasteiger partial charge on any atom is 0.0766 e. The van der Waals surface area contributed by atoms with E-state index in [-0.39, 0.29) is 0 Å². The Hall–Kier alpha value is -0.0800. The van der Waals surface area contributed by atoms with Gasteiger partial charge in [-0.25, -0.2) is 0 Å². The van der Waals surface area contributed by atoms with E-state index in [4.69, 9.17) is 0 Å². The first kappa shape index (κ1) is 14.0. The van der Waals surface area contributed by atoms with E-state index in [9.17, 15) is 5.11 Å². The average molecular weight is 227 g/mol. The van der Waals surface area contributed by atoms with Gasteiger partial charge in [-0.1, -0.05) is 27.2 Å². The van der Waals surface area contributed by atoms with E-state index in [1.165, 1.54) is 32.1 Å². The second kappa shape index (κ2) is 6.02. The zero-order valence-corrected chi connectivity index (χ0v) is 11.4. The van der Waals surface area contributed by atoms with Gasteiger partial charge in [-0.2, -0.15) is 0 Å². The predicted octanol–water partition coefficient (Wildman–Crippen LogP) is 2.95. The van der Waals surface area contributed by atoms with Crippen molar-refractivity contribution in [3.63, 3.8) is 0 Å². The fourth-order valence-electron chi connectivity index (χ4n) is 2.33. The van der Waals surface area contributed by atoms with E-state index >= 15 is 0 Å². The Balaban J connectivity index is 2.24. The van der Waals surface area contributed by atoms with Crippen molar-refractivity contribution in [2.45, 2.75) is 71.4 Å². The molecule has 0 aromatic rings. The van der Waals surface area contributed by atoms with Crippen LogP contribution in [0.3, 0.4) is 0 Å². The van der Waals surface area contributed by atoms with E-state index in [0.29, 0.717) is 12.0 Å². The molecule has 96 valence electrons. The van der Waals surface area contributed by atoms with Crippen molar-refractivity contribution in [3.05, 3.63) is 0 Å². The van der Waals surface area contributed by atoms with Crippen LogP contribution in [-0.4, -0.2) is 23.3 Å². The lowest BCUT2D eigenvalue weighted by Crippen LogP contribution is -2.46. The summed E-state index contributed by atoms with van der Waals surface area (Å²) in [5.74, 6) is 1.26. The number of nitrogens with one attached hydrogen (secondary N) is 1. The molecule has 1 aliphatic carbocycles. The highest BCUT2D eigenvalue weighted by atomic mass is 16.3. The first-order chi connectivity index (χ1) is 7.45. The molecule has 0 spiro atoms. The molecule has 0 aliphatic heterocycles. The number of hydrogen-bond donors (Lipinski definition) is 2. The van der Waals surface area contributed by atoms with Gasteiger partial charge in [-0.05, 0) is 44.4 Å². The van der Waals surface area contributed by atoms with Crippen LogP contribution in [0.15, 0.2) is 0 Å². The zero-order valence-electron chi connectivity index (χ0n) is 11.4. The molecule has 0 bridgehead atoms. The van der Waals surface area contributed by atoms with Crippen molar-refractivity contribution in [1.29, 1.82) is 0 Å². The van der Waals surface area contributed by atoms with Gasteiger partial charge in [-0.3, -0.25) is 0 Å². The summed E-state index contributed by atoms with van der Waals surface area (Å²) < 4.78 is 0. The summed E-state index contributed by atoms with van der Waals surface area (Å²) in [4.78, 5) is 0. The molecule has 0 aromatic heterocycles. The third-order valence-electron chi connectivity index (χ3n) is 4.42. The monoisotopic (exact) mass is 227 g/mol. The van der Waals surface area contributed by atoms with Gasteiger partial charge in [-0.15, -0.1) is 0 Å². The van der Waals surface area contributed by atoms with Gasteiger partial charge in [0.1, 0.15) is 0 Å². The van der Waals surface area contributed by atoms with Gasteiger partial charge < -0.3 is 10.4 Å². The van der Waals surface area contributed by atoms with Crippen LogP contribution in [0.25, 0.3) is 0 Å². The van der Waals surface area contributed by atoms with E-state index in [0.717, 1.165) is 12.5 Å². The predicted molar refractivity (Wildman–Crippen MR) is 69.5 cm³/mol. The van der Waals surface area contributed by atoms with Crippen LogP contribution in [0, 0.1) is 11.8 Å². The second-order valence-electron chi connectivity index (χ2n) is 6.02. The first-order valence-electron chi connectivity index (χ1n) is 6.91. The summed E-state index contributed by atoms with van der Waals surface area (Å²) >= 11 is 0. The van der Waals surface area contributed by atoms with Gasteiger partial charge in [0.2, 0.25) is 0 Å². The molecule has 2 heteroatoms. The topological polar surface area (TPSA) is 32.3 Å². The normalized spacial score (nSPS) is 30.4. The van der Waals surface area contributed by atoms with Crippen LogP contribution >= 0.6 is 0 Å². The minimum Gasteiger partial charge on any atom is -0.389 e. The van der Waals surface area contributed by atoms with Crippen LogP contribution in [-0.2, 0) is 0 Å². The molecule has 1 unspecified atom stereocenters. The summed E-state index contributed by atoms with van der Waals surface area (Å²) in [5.41, 5.74) is -0.568. The zero-order chi connectivity index (χ0) is 12.2. The molecule has 0 radical (unpaired) electrons. The van der Waals surface area contributed by atoms with Crippen molar-refractivity contribution in [1.82, 2.24) is 5.32 Å². The van der Waals surface area contributed by atoms with Crippen molar-refractivity contribution >= 4 is 0 Å². The summed E-state index contributed by atoms with van der Waals surface area (Å²) in [6.45, 7) is 9.11. The molecule has 1 fully saturated rings. The Kier molecular flexibility index (Phi) is 5.26. The Bertz CT molecular complexity index is 193. The SMILES string of the molecule is CCC1CCC(NCC(C)(O)C(C)C)CC1.